The topological polar surface area (TPSA) is 101 Å². The number of primary amides is 1. The monoisotopic (exact) mass is 344 g/mol. The van der Waals surface area contributed by atoms with Gasteiger partial charge in [0.25, 0.3) is 0 Å². The Hall–Kier alpha value is -2.54. The van der Waals surface area contributed by atoms with Gasteiger partial charge in [-0.2, -0.15) is 0 Å². The third-order valence-electron chi connectivity index (χ3n) is 4.52. The lowest BCUT2D eigenvalue weighted by molar-refractivity contribution is -0.119. The summed E-state index contributed by atoms with van der Waals surface area (Å²) in [5.41, 5.74) is 6.02. The van der Waals surface area contributed by atoms with Crippen LogP contribution >= 0.6 is 0 Å². The number of rotatable bonds is 5. The standard InChI is InChI=1S/C18H24N4O3/c1-12(16-10-13-4-2-3-5-15(13)25-16)20-18(24)21-14-6-8-22(9-7-14)11-17(19)23/h2-5,10,12,14H,6-9,11H2,1H3,(H2,19,23)(H2,20,21,24)/t12-/m1/s1. The number of piperidine rings is 1. The molecule has 1 aromatic heterocycles. The molecule has 2 heterocycles. The minimum atomic E-state index is -0.316. The molecule has 4 N–H and O–H groups in total. The van der Waals surface area contributed by atoms with Gasteiger partial charge >= 0.3 is 6.03 Å². The van der Waals surface area contributed by atoms with E-state index in [0.717, 1.165) is 42.7 Å². The minimum Gasteiger partial charge on any atom is -0.459 e. The number of likely N-dealkylation sites (tertiary alicyclic amines) is 1. The predicted molar refractivity (Wildman–Crippen MR) is 95.0 cm³/mol. The van der Waals surface area contributed by atoms with Crippen molar-refractivity contribution >= 4 is 22.9 Å². The van der Waals surface area contributed by atoms with Crippen LogP contribution in [0.4, 0.5) is 4.79 Å². The summed E-state index contributed by atoms with van der Waals surface area (Å²) in [6, 6.07) is 9.39. The average Bonchev–Trinajstić information content (AvgIpc) is 3.00. The summed E-state index contributed by atoms with van der Waals surface area (Å²) in [5.74, 6) is 0.413. The molecule has 0 aliphatic carbocycles. The van der Waals surface area contributed by atoms with Crippen LogP contribution in [0.3, 0.4) is 0 Å². The maximum absolute atomic E-state index is 12.2. The van der Waals surface area contributed by atoms with E-state index in [9.17, 15) is 9.59 Å². The quantitative estimate of drug-likeness (QED) is 0.769. The molecule has 1 atom stereocenters. The Bertz CT molecular complexity index is 717. The second kappa shape index (κ2) is 7.57. The van der Waals surface area contributed by atoms with Crippen LogP contribution in [0.2, 0.25) is 0 Å². The minimum absolute atomic E-state index is 0.104. The van der Waals surface area contributed by atoms with Crippen molar-refractivity contribution in [3.63, 3.8) is 0 Å². The van der Waals surface area contributed by atoms with Crippen molar-refractivity contribution in [2.75, 3.05) is 19.6 Å². The van der Waals surface area contributed by atoms with Gasteiger partial charge in [0.2, 0.25) is 5.91 Å². The number of carbonyl (C=O) groups excluding carboxylic acids is 2. The van der Waals surface area contributed by atoms with Gasteiger partial charge in [-0.05, 0) is 31.9 Å². The molecule has 7 nitrogen and oxygen atoms in total. The van der Waals surface area contributed by atoms with Gasteiger partial charge in [-0.1, -0.05) is 18.2 Å². The second-order valence-electron chi connectivity index (χ2n) is 6.54. The van der Waals surface area contributed by atoms with Gasteiger partial charge in [-0.15, -0.1) is 0 Å². The summed E-state index contributed by atoms with van der Waals surface area (Å²) in [4.78, 5) is 25.2. The van der Waals surface area contributed by atoms with Crippen molar-refractivity contribution in [3.05, 3.63) is 36.1 Å². The summed E-state index contributed by atoms with van der Waals surface area (Å²) >= 11 is 0. The third-order valence-corrected chi connectivity index (χ3v) is 4.52. The zero-order valence-electron chi connectivity index (χ0n) is 14.3. The van der Waals surface area contributed by atoms with Crippen LogP contribution in [0.15, 0.2) is 34.7 Å². The molecule has 1 aromatic carbocycles. The van der Waals surface area contributed by atoms with Crippen molar-refractivity contribution < 1.29 is 14.0 Å². The molecule has 0 unspecified atom stereocenters. The lowest BCUT2D eigenvalue weighted by Crippen LogP contribution is -2.49. The van der Waals surface area contributed by atoms with Gasteiger partial charge in [0, 0.05) is 24.5 Å². The number of hydrogen-bond donors (Lipinski definition) is 3. The fourth-order valence-electron chi connectivity index (χ4n) is 3.17. The number of furan rings is 1. The van der Waals surface area contributed by atoms with E-state index in [2.05, 4.69) is 10.6 Å². The molecule has 7 heteroatoms. The first-order valence-corrected chi connectivity index (χ1v) is 8.57. The number of para-hydroxylation sites is 1. The fourth-order valence-corrected chi connectivity index (χ4v) is 3.17. The molecular weight excluding hydrogens is 320 g/mol. The van der Waals surface area contributed by atoms with Crippen LogP contribution in [0.25, 0.3) is 11.0 Å². The highest BCUT2D eigenvalue weighted by Gasteiger charge is 2.22. The molecule has 3 amide bonds. The number of nitrogens with zero attached hydrogens (tertiary/aromatic N) is 1. The molecule has 134 valence electrons. The normalized spacial score (nSPS) is 17.3. The van der Waals surface area contributed by atoms with Gasteiger partial charge in [0.1, 0.15) is 11.3 Å². The Morgan fingerprint density at radius 3 is 2.72 bits per heavy atom. The van der Waals surface area contributed by atoms with Gasteiger partial charge in [0.15, 0.2) is 0 Å². The summed E-state index contributed by atoms with van der Waals surface area (Å²) in [5, 5.41) is 6.93. The number of urea groups is 1. The fraction of sp³-hybridized carbons (Fsp3) is 0.444. The van der Waals surface area contributed by atoms with E-state index < -0.39 is 0 Å². The van der Waals surface area contributed by atoms with Crippen molar-refractivity contribution in [2.24, 2.45) is 5.73 Å². The molecule has 1 fully saturated rings. The van der Waals surface area contributed by atoms with Gasteiger partial charge < -0.3 is 20.8 Å². The zero-order valence-corrected chi connectivity index (χ0v) is 14.3. The first kappa shape index (κ1) is 17.3. The second-order valence-corrected chi connectivity index (χ2v) is 6.54. The van der Waals surface area contributed by atoms with Crippen molar-refractivity contribution in [2.45, 2.75) is 31.8 Å². The molecular formula is C18H24N4O3. The molecule has 2 aromatic rings. The number of fused-ring (bicyclic) bond motifs is 1. The summed E-state index contributed by atoms with van der Waals surface area (Å²) < 4.78 is 5.78. The van der Waals surface area contributed by atoms with E-state index >= 15 is 0 Å². The lowest BCUT2D eigenvalue weighted by atomic mass is 10.1. The van der Waals surface area contributed by atoms with Crippen LogP contribution in [-0.2, 0) is 4.79 Å². The highest BCUT2D eigenvalue weighted by atomic mass is 16.3. The summed E-state index contributed by atoms with van der Waals surface area (Å²) in [6.07, 6.45) is 1.61. The van der Waals surface area contributed by atoms with Gasteiger partial charge in [-0.25, -0.2) is 4.79 Å². The molecule has 1 saturated heterocycles. The maximum Gasteiger partial charge on any atom is 0.315 e. The van der Waals surface area contributed by atoms with Crippen molar-refractivity contribution in [3.8, 4) is 0 Å². The zero-order chi connectivity index (χ0) is 17.8. The highest BCUT2D eigenvalue weighted by molar-refractivity contribution is 5.78. The molecule has 0 saturated carbocycles. The molecule has 25 heavy (non-hydrogen) atoms. The predicted octanol–water partition coefficient (Wildman–Crippen LogP) is 1.74. The largest absolute Gasteiger partial charge is 0.459 e. The molecule has 0 bridgehead atoms. The number of hydrogen-bond acceptors (Lipinski definition) is 4. The van der Waals surface area contributed by atoms with Crippen LogP contribution in [-0.4, -0.2) is 42.5 Å². The van der Waals surface area contributed by atoms with E-state index in [1.54, 1.807) is 0 Å². The van der Waals surface area contributed by atoms with Gasteiger partial charge in [-0.3, -0.25) is 9.69 Å². The average molecular weight is 344 g/mol. The molecule has 1 aliphatic heterocycles. The van der Waals surface area contributed by atoms with E-state index in [-0.39, 0.29) is 30.6 Å². The Balaban J connectivity index is 1.48. The molecule has 0 spiro atoms. The van der Waals surface area contributed by atoms with E-state index in [4.69, 9.17) is 10.2 Å². The Morgan fingerprint density at radius 2 is 2.04 bits per heavy atom. The number of nitrogens with one attached hydrogen (secondary N) is 2. The van der Waals surface area contributed by atoms with Gasteiger partial charge in [0.05, 0.1) is 12.6 Å². The van der Waals surface area contributed by atoms with Crippen LogP contribution in [0.1, 0.15) is 31.6 Å². The molecule has 1 aliphatic rings. The Kier molecular flexibility index (Phi) is 5.23. The third kappa shape index (κ3) is 4.51. The summed E-state index contributed by atoms with van der Waals surface area (Å²) in [7, 11) is 0. The summed E-state index contributed by atoms with van der Waals surface area (Å²) in [6.45, 7) is 3.69. The number of benzene rings is 1. The van der Waals surface area contributed by atoms with E-state index in [0.29, 0.717) is 0 Å². The van der Waals surface area contributed by atoms with Crippen LogP contribution in [0.5, 0.6) is 0 Å². The number of amides is 3. The van der Waals surface area contributed by atoms with E-state index in [1.165, 1.54) is 0 Å². The highest BCUT2D eigenvalue weighted by Crippen LogP contribution is 2.23. The Labute approximate surface area is 146 Å². The molecule has 3 rings (SSSR count). The smallest absolute Gasteiger partial charge is 0.315 e. The van der Waals surface area contributed by atoms with Crippen molar-refractivity contribution in [1.29, 1.82) is 0 Å². The van der Waals surface area contributed by atoms with Crippen LogP contribution in [0, 0.1) is 0 Å². The van der Waals surface area contributed by atoms with Crippen molar-refractivity contribution in [1.82, 2.24) is 15.5 Å². The Morgan fingerprint density at radius 1 is 1.32 bits per heavy atom. The SMILES string of the molecule is C[C@@H](NC(=O)NC1CCN(CC(N)=O)CC1)c1cc2ccccc2o1. The lowest BCUT2D eigenvalue weighted by Gasteiger charge is -2.31. The first-order chi connectivity index (χ1) is 12.0. The van der Waals surface area contributed by atoms with E-state index in [1.807, 2.05) is 42.2 Å². The molecule has 0 radical (unpaired) electrons. The first-order valence-electron chi connectivity index (χ1n) is 8.57. The van der Waals surface area contributed by atoms with Crippen LogP contribution < -0.4 is 16.4 Å². The maximum atomic E-state index is 12.2. The number of carbonyl (C=O) groups is 2. The number of nitrogens with two attached hydrogens (primary N) is 1.